The number of carbonyl (C=O) groups is 9. The molecule has 0 spiro atoms. The molecule has 13 rings (SSSR count). The Bertz CT molecular complexity index is 4630. The number of hydrogen-bond acceptors (Lipinski definition) is 17. The fourth-order valence-electron chi connectivity index (χ4n) is 14.6. The van der Waals surface area contributed by atoms with Crippen LogP contribution in [0.25, 0.3) is 0 Å². The average Bonchev–Trinajstić information content (AvgIpc) is 1.59. The summed E-state index contributed by atoms with van der Waals surface area (Å²) in [6, 6.07) is 35.7. The normalized spacial score (nSPS) is 18.1. The summed E-state index contributed by atoms with van der Waals surface area (Å²) in [6.45, 7) is 28.3. The summed E-state index contributed by atoms with van der Waals surface area (Å²) in [6.07, 6.45) is 4.19. The largest absolute Gasteiger partial charge is 0.481 e. The van der Waals surface area contributed by atoms with Crippen LogP contribution < -0.4 is 31.1 Å². The predicted octanol–water partition coefficient (Wildman–Crippen LogP) is 22.7. The van der Waals surface area contributed by atoms with Gasteiger partial charge in [0.25, 0.3) is 0 Å². The second-order valence-corrected chi connectivity index (χ2v) is 33.1. The van der Waals surface area contributed by atoms with Gasteiger partial charge in [-0.1, -0.05) is 209 Å². The van der Waals surface area contributed by atoms with Crippen LogP contribution in [0.5, 0.6) is 0 Å². The van der Waals surface area contributed by atoms with Crippen LogP contribution in [0.4, 0.5) is 34.1 Å². The molecule has 1 fully saturated rings. The Morgan fingerprint density at radius 1 is 0.466 bits per heavy atom. The lowest BCUT2D eigenvalue weighted by Crippen LogP contribution is -2.40. The number of halogens is 7. The number of anilines is 6. The van der Waals surface area contributed by atoms with E-state index in [1.165, 1.54) is 42.3 Å². The van der Waals surface area contributed by atoms with Gasteiger partial charge in [0.1, 0.15) is 19.3 Å². The Morgan fingerprint density at radius 2 is 0.810 bits per heavy atom. The van der Waals surface area contributed by atoms with Crippen LogP contribution in [0.1, 0.15) is 204 Å². The van der Waals surface area contributed by atoms with Crippen molar-refractivity contribution >= 4 is 168 Å². The number of fused-ring (bicyclic) bond motifs is 3. The molecule has 6 aromatic carbocycles. The first-order chi connectivity index (χ1) is 53.5. The van der Waals surface area contributed by atoms with E-state index in [4.69, 9.17) is 90.7 Å². The first-order valence-corrected chi connectivity index (χ1v) is 40.3. The maximum absolute atomic E-state index is 13.7. The zero-order valence-corrected chi connectivity index (χ0v) is 70.7. The van der Waals surface area contributed by atoms with Crippen molar-refractivity contribution in [2.45, 2.75) is 187 Å². The number of rotatable bonds is 14. The number of ketones is 3. The fraction of sp³-hybridized carbons (Fsp3) is 0.427. The Morgan fingerprint density at radius 3 is 1.16 bits per heavy atom. The molecule has 2 amide bonds. The van der Waals surface area contributed by atoms with Gasteiger partial charge in [-0.05, 0) is 183 Å². The van der Waals surface area contributed by atoms with Crippen LogP contribution in [-0.4, -0.2) is 108 Å². The van der Waals surface area contributed by atoms with Gasteiger partial charge in [0, 0.05) is 96.4 Å². The molecule has 3 unspecified atom stereocenters. The zero-order valence-electron chi connectivity index (χ0n) is 65.4. The monoisotopic (exact) mass is 1730 g/mol. The number of nitrogens with one attached hydrogen (secondary N) is 4. The van der Waals surface area contributed by atoms with Crippen molar-refractivity contribution in [2.75, 3.05) is 77.1 Å². The maximum atomic E-state index is 13.7. The number of ether oxygens (including phenoxy) is 3. The standard InChI is InChI=1S/C26H26Cl2N2O4.C24H22Cl2N2O4.C21H20Cl2N2O.C6H15N.C5H7ClO3.C4H8O.3CH4/c1-4-34-23(33)12-22(32)30-20-8-6-5-7-18(20)29-19-13-26(2,3)14-21(31)24(19)25(30)16-10-9-15(27)11-17(16)28;1-24(2)11-17-22(19(29)12-24)23(14-8-7-13(25)9-15(14)26)28(20(30)10-21(31)32)18-6-4-3-5-16(18)27-17;1-21(2)10-17-19(18(26)11-21)20(13-8-7-12(22)9-14(13)23)25-16-6-4-3-5-15(16)24-17;1-4-7(5-2)6-3;1-2-9-5(8)3-4(6)7;1-2-4-5-3-1;;;/h5-11,25,29H,4,12-14H2,1-3H3;3-9,23,27H,10-12H2,1-2H3,(H,31,32);3-9,20,24-25H,10-11H2,1-2H3;4-6H2,1-3H3;2-3H2,1H3;1-4H2;3*1H4. The lowest BCUT2D eigenvalue weighted by Gasteiger charge is -2.37. The molecule has 0 aromatic heterocycles. The lowest BCUT2D eigenvalue weighted by molar-refractivity contribution is -0.146. The van der Waals surface area contributed by atoms with E-state index in [9.17, 15) is 48.3 Å². The predicted molar refractivity (Wildman–Crippen MR) is 471 cm³/mol. The highest BCUT2D eigenvalue weighted by atomic mass is 35.5. The van der Waals surface area contributed by atoms with Crippen LogP contribution in [0.2, 0.25) is 30.1 Å². The molecule has 0 bridgehead atoms. The third-order valence-corrected chi connectivity index (χ3v) is 21.3. The molecule has 116 heavy (non-hydrogen) atoms. The highest BCUT2D eigenvalue weighted by Gasteiger charge is 2.47. The van der Waals surface area contributed by atoms with Crippen LogP contribution in [-0.2, 0) is 57.4 Å². The quantitative estimate of drug-likeness (QED) is 0.0386. The third-order valence-electron chi connectivity index (χ3n) is 19.5. The van der Waals surface area contributed by atoms with Crippen LogP contribution in [0.15, 0.2) is 161 Å². The van der Waals surface area contributed by atoms with E-state index in [1.54, 1.807) is 80.6 Å². The first kappa shape index (κ1) is 98.3. The topological polar surface area (TPSA) is 259 Å². The molecule has 3 aliphatic carbocycles. The Kier molecular flexibility index (Phi) is 37.7. The van der Waals surface area contributed by atoms with Crippen molar-refractivity contribution < 1.29 is 62.5 Å². The van der Waals surface area contributed by atoms with E-state index in [0.717, 1.165) is 53.5 Å². The highest BCUT2D eigenvalue weighted by molar-refractivity contribution is 6.64. The number of allylic oxidation sites excluding steroid dienone is 3. The number of carboxylic acids is 1. The summed E-state index contributed by atoms with van der Waals surface area (Å²) in [5, 5.41) is 25.1. The fourth-order valence-corrected chi connectivity index (χ4v) is 16.2. The molecular weight excluding hydrogens is 1620 g/mol. The van der Waals surface area contributed by atoms with Crippen molar-refractivity contribution in [3.8, 4) is 0 Å². The van der Waals surface area contributed by atoms with E-state index in [0.29, 0.717) is 113 Å². The number of nitrogens with zero attached hydrogens (tertiary/aromatic N) is 3. The van der Waals surface area contributed by atoms with Gasteiger partial charge in [-0.2, -0.15) is 0 Å². The van der Waals surface area contributed by atoms with E-state index in [1.807, 2.05) is 88.4 Å². The molecule has 3 atom stereocenters. The number of aliphatic carboxylic acids is 1. The first-order valence-electron chi connectivity index (χ1n) is 37.7. The summed E-state index contributed by atoms with van der Waals surface area (Å²) in [4.78, 5) is 116. The van der Waals surface area contributed by atoms with Crippen LogP contribution >= 0.6 is 81.2 Å². The van der Waals surface area contributed by atoms with Crippen molar-refractivity contribution in [3.05, 3.63) is 208 Å². The van der Waals surface area contributed by atoms with Gasteiger partial charge in [0.15, 0.2) is 17.3 Å². The number of carboxylic acid groups (broad SMARTS) is 1. The SMILES string of the molecule is C.C.C.C1CCOC1.CC1(C)CC(=O)C2=C(C1)Nc1ccccc1N(C(=O)CC(=O)O)C2c1ccc(Cl)cc1Cl.CC1(C)CC(=O)C2=C(C1)Nc1ccccc1NC2c1ccc(Cl)cc1Cl.CCN(CC)CC.CCOC(=O)CC(=O)Cl.CCOC(=O)CC(=O)N1c2ccccc2NC2=C(C(=O)CC(C)(C)C2)C1c1ccc(Cl)cc1Cl. The highest BCUT2D eigenvalue weighted by Crippen LogP contribution is 2.53. The van der Waals surface area contributed by atoms with Crippen molar-refractivity contribution in [1.82, 2.24) is 4.90 Å². The van der Waals surface area contributed by atoms with Gasteiger partial charge in [-0.3, -0.25) is 53.0 Å². The van der Waals surface area contributed by atoms with Gasteiger partial charge in [0.2, 0.25) is 17.1 Å². The molecule has 4 aliphatic heterocycles. The van der Waals surface area contributed by atoms with Gasteiger partial charge < -0.3 is 45.5 Å². The molecule has 0 radical (unpaired) electrons. The molecule has 1 saturated heterocycles. The second kappa shape index (κ2) is 44.5. The summed E-state index contributed by atoms with van der Waals surface area (Å²) in [5.74, 6) is -3.62. The van der Waals surface area contributed by atoms with E-state index in [2.05, 4.69) is 65.5 Å². The number of para-hydroxylation sites is 6. The lowest BCUT2D eigenvalue weighted by atomic mass is 9.73. The van der Waals surface area contributed by atoms with Gasteiger partial charge in [-0.15, -0.1) is 0 Å². The van der Waals surface area contributed by atoms with E-state index in [-0.39, 0.29) is 81.6 Å². The van der Waals surface area contributed by atoms with Crippen LogP contribution in [0.3, 0.4) is 0 Å². The molecule has 20 nitrogen and oxygen atoms in total. The average molecular weight is 1730 g/mol. The number of carbonyl (C=O) groups excluding carboxylic acids is 8. The van der Waals surface area contributed by atoms with Crippen molar-refractivity contribution in [2.24, 2.45) is 16.2 Å². The molecule has 5 N–H and O–H groups in total. The molecule has 628 valence electrons. The minimum Gasteiger partial charge on any atom is -0.481 e. The number of hydrogen-bond donors (Lipinski definition) is 5. The number of Topliss-reactive ketones (excluding diaryl/α,β-unsaturated/α-hetero) is 3. The smallest absolute Gasteiger partial charge is 0.315 e. The van der Waals surface area contributed by atoms with E-state index < -0.39 is 59.9 Å². The van der Waals surface area contributed by atoms with Gasteiger partial charge in [0.05, 0.1) is 65.5 Å². The minimum absolute atomic E-state index is 0. The Labute approximate surface area is 718 Å². The molecular formula is C89H110Cl7N7O13. The molecule has 4 heterocycles. The minimum atomic E-state index is -1.25. The van der Waals surface area contributed by atoms with Gasteiger partial charge in [-0.25, -0.2) is 0 Å². The Balaban J connectivity index is 0.000000273. The number of amides is 2. The van der Waals surface area contributed by atoms with Crippen molar-refractivity contribution in [1.29, 1.82) is 0 Å². The second-order valence-electron chi connectivity index (χ2n) is 30.2. The molecule has 6 aromatic rings. The zero-order chi connectivity index (χ0) is 82.8. The summed E-state index contributed by atoms with van der Waals surface area (Å²) >= 11 is 42.9. The van der Waals surface area contributed by atoms with Crippen LogP contribution in [0, 0.1) is 16.2 Å². The third kappa shape index (κ3) is 26.1. The summed E-state index contributed by atoms with van der Waals surface area (Å²) in [7, 11) is 0. The van der Waals surface area contributed by atoms with Crippen molar-refractivity contribution in [3.63, 3.8) is 0 Å². The molecule has 27 heteroatoms. The number of esters is 2. The molecule has 0 saturated carbocycles. The van der Waals surface area contributed by atoms with Gasteiger partial charge >= 0.3 is 17.9 Å². The van der Waals surface area contributed by atoms with E-state index >= 15 is 0 Å². The summed E-state index contributed by atoms with van der Waals surface area (Å²) in [5.41, 5.74) is 9.65. The maximum Gasteiger partial charge on any atom is 0.315 e. The molecule has 7 aliphatic rings. The number of benzene rings is 6. The Hall–Kier alpha value is -8.28. The summed E-state index contributed by atoms with van der Waals surface area (Å²) < 4.78 is 14.4.